The predicted molar refractivity (Wildman–Crippen MR) is 88.7 cm³/mol. The number of sulfonamides is 1. The zero-order chi connectivity index (χ0) is 17.3. The van der Waals surface area contributed by atoms with Crippen molar-refractivity contribution < 1.29 is 17.6 Å². The first-order valence-corrected chi connectivity index (χ1v) is 9.01. The van der Waals surface area contributed by atoms with Gasteiger partial charge in [0.2, 0.25) is 15.9 Å². The number of nitrogens with one attached hydrogen (secondary N) is 1. The smallest absolute Gasteiger partial charge is 0.245 e. The number of aryl methyl sites for hydroxylation is 1. The van der Waals surface area contributed by atoms with Gasteiger partial charge in [0, 0.05) is 12.2 Å². The van der Waals surface area contributed by atoms with Gasteiger partial charge in [-0.2, -0.15) is 4.72 Å². The van der Waals surface area contributed by atoms with Crippen molar-refractivity contribution in [1.29, 1.82) is 0 Å². The van der Waals surface area contributed by atoms with E-state index in [0.717, 1.165) is 23.4 Å². The molecule has 126 valence electrons. The zero-order valence-electron chi connectivity index (χ0n) is 13.1. The Morgan fingerprint density at radius 3 is 2.33 bits per heavy atom. The minimum absolute atomic E-state index is 0.0644. The summed E-state index contributed by atoms with van der Waals surface area (Å²) in [6.45, 7) is 2.40. The van der Waals surface area contributed by atoms with E-state index < -0.39 is 21.9 Å². The van der Waals surface area contributed by atoms with Gasteiger partial charge in [-0.25, -0.2) is 12.8 Å². The molecule has 3 rings (SSSR count). The van der Waals surface area contributed by atoms with Gasteiger partial charge in [-0.05, 0) is 49.7 Å². The molecule has 1 heterocycles. The van der Waals surface area contributed by atoms with E-state index in [1.165, 1.54) is 12.1 Å². The summed E-state index contributed by atoms with van der Waals surface area (Å²) in [6, 6.07) is 11.2. The molecular formula is C17H17FN2O3S. The lowest BCUT2D eigenvalue weighted by molar-refractivity contribution is -0.118. The van der Waals surface area contributed by atoms with E-state index in [2.05, 4.69) is 4.72 Å². The van der Waals surface area contributed by atoms with Gasteiger partial charge in [-0.3, -0.25) is 4.79 Å². The maximum atomic E-state index is 12.9. The maximum absolute atomic E-state index is 12.9. The SMILES string of the molecule is Cc1ccc(N2CC[C@H](NS(=O)(=O)c3ccc(F)cc3)C2=O)cc1. The Balaban J connectivity index is 1.76. The number of hydrogen-bond acceptors (Lipinski definition) is 3. The first kappa shape index (κ1) is 16.6. The highest BCUT2D eigenvalue weighted by Gasteiger charge is 2.35. The van der Waals surface area contributed by atoms with Crippen LogP contribution in [0.2, 0.25) is 0 Å². The number of benzene rings is 2. The van der Waals surface area contributed by atoms with E-state index in [1.54, 1.807) is 4.90 Å². The fourth-order valence-corrected chi connectivity index (χ4v) is 3.86. The molecule has 1 fully saturated rings. The van der Waals surface area contributed by atoms with E-state index in [0.29, 0.717) is 13.0 Å². The number of nitrogens with zero attached hydrogens (tertiary/aromatic N) is 1. The lowest BCUT2D eigenvalue weighted by Gasteiger charge is -2.17. The van der Waals surface area contributed by atoms with E-state index in [9.17, 15) is 17.6 Å². The van der Waals surface area contributed by atoms with E-state index in [-0.39, 0.29) is 10.8 Å². The Bertz CT molecular complexity index is 848. The maximum Gasteiger partial charge on any atom is 0.245 e. The average Bonchev–Trinajstić information content (AvgIpc) is 2.89. The van der Waals surface area contributed by atoms with Crippen LogP contribution in [-0.4, -0.2) is 26.9 Å². The molecule has 1 aliphatic heterocycles. The molecule has 1 atom stereocenters. The van der Waals surface area contributed by atoms with Crippen LogP contribution >= 0.6 is 0 Å². The summed E-state index contributed by atoms with van der Waals surface area (Å²) >= 11 is 0. The third-order valence-electron chi connectivity index (χ3n) is 3.97. The standard InChI is InChI=1S/C17H17FN2O3S/c1-12-2-6-14(7-3-12)20-11-10-16(17(20)21)19-24(22,23)15-8-4-13(18)5-9-15/h2-9,16,19H,10-11H2,1H3/t16-/m0/s1. The largest absolute Gasteiger partial charge is 0.311 e. The van der Waals surface area contributed by atoms with Crippen LogP contribution in [0.1, 0.15) is 12.0 Å². The summed E-state index contributed by atoms with van der Waals surface area (Å²) in [6.07, 6.45) is 0.382. The molecule has 0 radical (unpaired) electrons. The summed E-state index contributed by atoms with van der Waals surface area (Å²) in [5.41, 5.74) is 1.83. The minimum Gasteiger partial charge on any atom is -0.311 e. The highest BCUT2D eigenvalue weighted by molar-refractivity contribution is 7.89. The molecule has 0 bridgehead atoms. The molecule has 5 nitrogen and oxygen atoms in total. The average molecular weight is 348 g/mol. The Hall–Kier alpha value is -2.25. The number of hydrogen-bond donors (Lipinski definition) is 1. The normalized spacial score (nSPS) is 18.2. The van der Waals surface area contributed by atoms with Crippen molar-refractivity contribution in [3.8, 4) is 0 Å². The van der Waals surface area contributed by atoms with Gasteiger partial charge in [0.1, 0.15) is 11.9 Å². The molecule has 7 heteroatoms. The molecule has 0 spiro atoms. The Labute approximate surface area is 140 Å². The molecule has 1 saturated heterocycles. The topological polar surface area (TPSA) is 66.5 Å². The highest BCUT2D eigenvalue weighted by Crippen LogP contribution is 2.23. The molecule has 1 amide bonds. The van der Waals surface area contributed by atoms with Gasteiger partial charge in [-0.15, -0.1) is 0 Å². The summed E-state index contributed by atoms with van der Waals surface area (Å²) < 4.78 is 40.0. The van der Waals surface area contributed by atoms with Crippen molar-refractivity contribution in [2.75, 3.05) is 11.4 Å². The molecule has 1 aliphatic rings. The lowest BCUT2D eigenvalue weighted by Crippen LogP contribution is -2.41. The number of carbonyl (C=O) groups is 1. The highest BCUT2D eigenvalue weighted by atomic mass is 32.2. The van der Waals surface area contributed by atoms with Crippen molar-refractivity contribution in [2.45, 2.75) is 24.3 Å². The van der Waals surface area contributed by atoms with Crippen LogP contribution in [0.3, 0.4) is 0 Å². The van der Waals surface area contributed by atoms with Crippen LogP contribution < -0.4 is 9.62 Å². The van der Waals surface area contributed by atoms with Gasteiger partial charge in [0.25, 0.3) is 0 Å². The second-order valence-corrected chi connectivity index (χ2v) is 7.46. The van der Waals surface area contributed by atoms with Crippen molar-refractivity contribution in [1.82, 2.24) is 4.72 Å². The lowest BCUT2D eigenvalue weighted by atomic mass is 10.2. The molecule has 0 unspecified atom stereocenters. The Kier molecular flexibility index (Phi) is 4.38. The predicted octanol–water partition coefficient (Wildman–Crippen LogP) is 2.22. The second kappa shape index (κ2) is 6.33. The fraction of sp³-hybridized carbons (Fsp3) is 0.235. The van der Waals surface area contributed by atoms with Crippen molar-refractivity contribution in [3.63, 3.8) is 0 Å². The van der Waals surface area contributed by atoms with Crippen LogP contribution in [0.25, 0.3) is 0 Å². The van der Waals surface area contributed by atoms with E-state index in [4.69, 9.17) is 0 Å². The molecule has 0 aromatic heterocycles. The molecule has 2 aromatic rings. The van der Waals surface area contributed by atoms with Gasteiger partial charge < -0.3 is 4.90 Å². The number of amides is 1. The van der Waals surface area contributed by atoms with Crippen LogP contribution in [0, 0.1) is 12.7 Å². The Morgan fingerprint density at radius 2 is 1.71 bits per heavy atom. The van der Waals surface area contributed by atoms with E-state index in [1.807, 2.05) is 31.2 Å². The number of anilines is 1. The minimum atomic E-state index is -3.87. The van der Waals surface area contributed by atoms with Gasteiger partial charge in [0.05, 0.1) is 4.90 Å². The molecule has 0 aliphatic carbocycles. The van der Waals surface area contributed by atoms with Crippen molar-refractivity contribution >= 4 is 21.6 Å². The van der Waals surface area contributed by atoms with Gasteiger partial charge >= 0.3 is 0 Å². The molecule has 2 aromatic carbocycles. The van der Waals surface area contributed by atoms with Gasteiger partial charge in [-0.1, -0.05) is 17.7 Å². The summed E-state index contributed by atoms with van der Waals surface area (Å²) in [7, 11) is -3.87. The molecule has 0 saturated carbocycles. The summed E-state index contributed by atoms with van der Waals surface area (Å²) in [5.74, 6) is -0.805. The van der Waals surface area contributed by atoms with Crippen LogP contribution in [-0.2, 0) is 14.8 Å². The molecule has 24 heavy (non-hydrogen) atoms. The quantitative estimate of drug-likeness (QED) is 0.921. The third-order valence-corrected chi connectivity index (χ3v) is 5.46. The first-order valence-electron chi connectivity index (χ1n) is 7.53. The van der Waals surface area contributed by atoms with Crippen molar-refractivity contribution in [3.05, 3.63) is 59.9 Å². The number of rotatable bonds is 4. The zero-order valence-corrected chi connectivity index (χ0v) is 13.9. The second-order valence-electron chi connectivity index (χ2n) is 5.74. The van der Waals surface area contributed by atoms with Crippen LogP contribution in [0.5, 0.6) is 0 Å². The number of halogens is 1. The third kappa shape index (κ3) is 3.32. The Morgan fingerprint density at radius 1 is 1.08 bits per heavy atom. The number of carbonyl (C=O) groups excluding carboxylic acids is 1. The molecule has 1 N–H and O–H groups in total. The van der Waals surface area contributed by atoms with E-state index >= 15 is 0 Å². The fourth-order valence-electron chi connectivity index (χ4n) is 2.64. The first-order chi connectivity index (χ1) is 11.4. The van der Waals surface area contributed by atoms with Crippen LogP contribution in [0.4, 0.5) is 10.1 Å². The van der Waals surface area contributed by atoms with Crippen LogP contribution in [0.15, 0.2) is 53.4 Å². The summed E-state index contributed by atoms with van der Waals surface area (Å²) in [5, 5.41) is 0. The van der Waals surface area contributed by atoms with Gasteiger partial charge in [0.15, 0.2) is 0 Å². The summed E-state index contributed by atoms with van der Waals surface area (Å²) in [4.78, 5) is 14.0. The van der Waals surface area contributed by atoms with Crippen molar-refractivity contribution in [2.24, 2.45) is 0 Å². The molecular weight excluding hydrogens is 331 g/mol. The monoisotopic (exact) mass is 348 g/mol.